The summed E-state index contributed by atoms with van der Waals surface area (Å²) >= 11 is 0. The van der Waals surface area contributed by atoms with Gasteiger partial charge in [-0.3, -0.25) is 9.59 Å². The van der Waals surface area contributed by atoms with E-state index in [0.29, 0.717) is 12.8 Å². The van der Waals surface area contributed by atoms with Gasteiger partial charge in [0.25, 0.3) is 0 Å². The van der Waals surface area contributed by atoms with Gasteiger partial charge in [-0.05, 0) is 12.8 Å². The minimum atomic E-state index is -0.322. The number of rotatable bonds is 36. The van der Waals surface area contributed by atoms with E-state index >= 15 is 0 Å². The average Bonchev–Trinajstić information content (AvgIpc) is 3.00. The number of hydrogen-bond donors (Lipinski definition) is 0. The van der Waals surface area contributed by atoms with Crippen molar-refractivity contribution in [3.63, 3.8) is 0 Å². The number of carbonyl (C=O) groups excluding carboxylic acids is 2. The SMILES string of the molecule is CCCCCCCCCCCCCCCCCCCCCC(=O)OC(=O)CCCCCCCCCCCCCCCCC.[CaH2].[MgH2]. The first-order valence-corrected chi connectivity index (χ1v) is 19.9. The molecule has 0 saturated heterocycles. The van der Waals surface area contributed by atoms with Gasteiger partial charge in [0.05, 0.1) is 0 Å². The van der Waals surface area contributed by atoms with E-state index in [9.17, 15) is 9.59 Å². The zero-order chi connectivity index (χ0) is 31.3. The van der Waals surface area contributed by atoms with E-state index in [1.54, 1.807) is 0 Å². The molecule has 0 atom stereocenters. The van der Waals surface area contributed by atoms with E-state index in [4.69, 9.17) is 4.74 Å². The molecule has 264 valence electrons. The summed E-state index contributed by atoms with van der Waals surface area (Å²) in [5, 5.41) is 0. The molecule has 0 aromatic rings. The molecule has 0 spiro atoms. The van der Waals surface area contributed by atoms with Crippen LogP contribution in [0.5, 0.6) is 0 Å². The Balaban J connectivity index is -0.00000882. The Morgan fingerprint density at radius 3 is 0.644 bits per heavy atom. The van der Waals surface area contributed by atoms with E-state index in [-0.39, 0.29) is 72.7 Å². The molecule has 0 aromatic carbocycles. The van der Waals surface area contributed by atoms with Gasteiger partial charge in [0.15, 0.2) is 0 Å². The number of esters is 2. The van der Waals surface area contributed by atoms with Crippen LogP contribution in [0.25, 0.3) is 0 Å². The Hall–Kier alpha value is 1.17. The first-order chi connectivity index (χ1) is 21.2. The molecule has 0 radical (unpaired) electrons. The van der Waals surface area contributed by atoms with E-state index in [1.165, 1.54) is 193 Å². The predicted octanol–water partition coefficient (Wildman–Crippen LogP) is 12.3. The molecule has 0 saturated carbocycles. The zero-order valence-corrected chi connectivity index (χ0v) is 29.7. The summed E-state index contributed by atoms with van der Waals surface area (Å²) in [4.78, 5) is 23.9. The van der Waals surface area contributed by atoms with Crippen LogP contribution in [0.4, 0.5) is 0 Å². The van der Waals surface area contributed by atoms with Gasteiger partial charge in [0.1, 0.15) is 0 Å². The normalized spacial score (nSPS) is 10.8. The Labute approximate surface area is 329 Å². The van der Waals surface area contributed by atoms with Crippen LogP contribution in [0.2, 0.25) is 0 Å². The fourth-order valence-corrected chi connectivity index (χ4v) is 6.22. The molecule has 0 aliphatic rings. The summed E-state index contributed by atoms with van der Waals surface area (Å²) in [5.74, 6) is -0.643. The molecule has 3 nitrogen and oxygen atoms in total. The van der Waals surface area contributed by atoms with E-state index < -0.39 is 0 Å². The van der Waals surface area contributed by atoms with Crippen LogP contribution < -0.4 is 0 Å². The summed E-state index contributed by atoms with van der Waals surface area (Å²) in [6.45, 7) is 4.57. The van der Waals surface area contributed by atoms with Crippen molar-refractivity contribution in [3.05, 3.63) is 0 Å². The zero-order valence-electron chi connectivity index (χ0n) is 29.7. The topological polar surface area (TPSA) is 43.4 Å². The van der Waals surface area contributed by atoms with Crippen LogP contribution in [0.3, 0.4) is 0 Å². The van der Waals surface area contributed by atoms with Crippen LogP contribution in [0.15, 0.2) is 0 Å². The summed E-state index contributed by atoms with van der Waals surface area (Å²) in [5.41, 5.74) is 0. The van der Waals surface area contributed by atoms with E-state index in [0.717, 1.165) is 25.7 Å². The van der Waals surface area contributed by atoms with Gasteiger partial charge >= 0.3 is 72.7 Å². The predicted molar refractivity (Wildman–Crippen MR) is 206 cm³/mol. The average molecular weight is 675 g/mol. The molecule has 0 aliphatic heterocycles. The second-order valence-corrected chi connectivity index (χ2v) is 13.7. The fourth-order valence-electron chi connectivity index (χ4n) is 6.22. The molecule has 0 rings (SSSR count). The summed E-state index contributed by atoms with van der Waals surface area (Å²) < 4.78 is 5.03. The number of hydrogen-bond acceptors (Lipinski definition) is 3. The third-order valence-corrected chi connectivity index (χ3v) is 9.20. The molecule has 0 fully saturated rings. The fraction of sp³-hybridized carbons (Fsp3) is 0.950. The van der Waals surface area contributed by atoms with Crippen molar-refractivity contribution in [1.29, 1.82) is 0 Å². The van der Waals surface area contributed by atoms with E-state index in [1.807, 2.05) is 0 Å². The van der Waals surface area contributed by atoms with Gasteiger partial charge in [-0.2, -0.15) is 0 Å². The Morgan fingerprint density at radius 2 is 0.467 bits per heavy atom. The summed E-state index contributed by atoms with van der Waals surface area (Å²) in [6, 6.07) is 0. The monoisotopic (exact) mass is 675 g/mol. The van der Waals surface area contributed by atoms with Crippen molar-refractivity contribution in [1.82, 2.24) is 0 Å². The van der Waals surface area contributed by atoms with Crippen LogP contribution >= 0.6 is 0 Å². The first kappa shape index (κ1) is 50.5. The molecule has 45 heavy (non-hydrogen) atoms. The second kappa shape index (κ2) is 45.2. The van der Waals surface area contributed by atoms with Crippen molar-refractivity contribution >= 4 is 72.7 Å². The maximum Gasteiger partial charge on any atom is 0.316 e. The molecular formula is C40H82CaMgO3. The maximum atomic E-state index is 12.0. The third kappa shape index (κ3) is 45.2. The van der Waals surface area contributed by atoms with Crippen LogP contribution in [0.1, 0.15) is 245 Å². The van der Waals surface area contributed by atoms with Crippen LogP contribution in [-0.2, 0) is 14.3 Å². The molecule has 5 heteroatoms. The summed E-state index contributed by atoms with van der Waals surface area (Å²) in [7, 11) is 0. The van der Waals surface area contributed by atoms with Crippen molar-refractivity contribution in [2.45, 2.75) is 245 Å². The van der Waals surface area contributed by atoms with Gasteiger partial charge in [0, 0.05) is 12.8 Å². The largest absolute Gasteiger partial charge is 0.316 e. The second-order valence-electron chi connectivity index (χ2n) is 13.7. The van der Waals surface area contributed by atoms with Crippen molar-refractivity contribution in [2.24, 2.45) is 0 Å². The molecule has 0 N–H and O–H groups in total. The number of unbranched alkanes of at least 4 members (excludes halogenated alkanes) is 32. The van der Waals surface area contributed by atoms with E-state index in [2.05, 4.69) is 13.8 Å². The number of carbonyl (C=O) groups is 2. The van der Waals surface area contributed by atoms with Gasteiger partial charge in [-0.1, -0.05) is 219 Å². The van der Waals surface area contributed by atoms with Crippen LogP contribution in [0, 0.1) is 0 Å². The Morgan fingerprint density at radius 1 is 0.311 bits per heavy atom. The quantitative estimate of drug-likeness (QED) is 0.0287. The third-order valence-electron chi connectivity index (χ3n) is 9.20. The Kier molecular flexibility index (Phi) is 50.7. The molecule has 0 aromatic heterocycles. The molecule has 0 amide bonds. The van der Waals surface area contributed by atoms with Crippen molar-refractivity contribution in [3.8, 4) is 0 Å². The first-order valence-electron chi connectivity index (χ1n) is 19.9. The molecule has 0 heterocycles. The number of ether oxygens (including phenoxy) is 1. The van der Waals surface area contributed by atoms with Crippen LogP contribution in [-0.4, -0.2) is 72.7 Å². The van der Waals surface area contributed by atoms with Gasteiger partial charge in [-0.15, -0.1) is 0 Å². The minimum absolute atomic E-state index is 0. The standard InChI is InChI=1S/C40H78O3.Ca.Mg.4H/c1-3-5-7-9-11-13-15-17-19-20-21-22-24-26-28-30-32-34-36-38-40(42)43-39(41)37-35-33-31-29-27-25-23-18-16-14-12-10-8-6-4-2;;;;;;/h3-38H2,1-2H3;;;;;;. The van der Waals surface area contributed by atoms with Gasteiger partial charge in [-0.25, -0.2) is 0 Å². The molecule has 0 aliphatic carbocycles. The molecule has 0 unspecified atom stereocenters. The minimum Gasteiger partial charge on any atom is 0.316 e. The van der Waals surface area contributed by atoms with Crippen molar-refractivity contribution in [2.75, 3.05) is 0 Å². The van der Waals surface area contributed by atoms with Gasteiger partial charge < -0.3 is 4.74 Å². The molecule has 0 bridgehead atoms. The maximum absolute atomic E-state index is 12.0. The van der Waals surface area contributed by atoms with Gasteiger partial charge in [0.2, 0.25) is 0 Å². The smallest absolute Gasteiger partial charge is 0.316 e. The molecular weight excluding hydrogens is 593 g/mol. The summed E-state index contributed by atoms with van der Waals surface area (Å²) in [6.07, 6.45) is 46.0. The Bertz CT molecular complexity index is 572. The van der Waals surface area contributed by atoms with Crippen molar-refractivity contribution < 1.29 is 14.3 Å².